The first-order valence-corrected chi connectivity index (χ1v) is 12.1. The molecule has 0 rings (SSSR count). The van der Waals surface area contributed by atoms with Crippen molar-refractivity contribution in [3.63, 3.8) is 0 Å². The van der Waals surface area contributed by atoms with Crippen LogP contribution in [-0.2, 0) is 9.59 Å². The van der Waals surface area contributed by atoms with Gasteiger partial charge in [0.1, 0.15) is 0 Å². The molecule has 0 aliphatic carbocycles. The zero-order chi connectivity index (χ0) is 22.6. The quantitative estimate of drug-likeness (QED) is 0.185. The number of aliphatic carboxylic acids is 2. The normalized spacial score (nSPS) is 9.16. The molecule has 0 bridgehead atoms. The summed E-state index contributed by atoms with van der Waals surface area (Å²) in [5.74, 6) is -1.99. The number of carboxylic acid groups (broad SMARTS) is 2. The van der Waals surface area contributed by atoms with Crippen LogP contribution >= 0.6 is 0 Å². The predicted molar refractivity (Wildman–Crippen MR) is 119 cm³/mol. The maximum absolute atomic E-state index is 9.26. The second-order valence-electron chi connectivity index (χ2n) is 7.54. The van der Waals surface area contributed by atoms with Crippen molar-refractivity contribution in [2.75, 3.05) is 6.54 Å². The van der Waals surface area contributed by atoms with Gasteiger partial charge in [-0.15, -0.1) is 0 Å². The second-order valence-corrected chi connectivity index (χ2v) is 7.54. The summed E-state index contributed by atoms with van der Waals surface area (Å²) < 4.78 is 0. The maximum Gasteiger partial charge on any atom is 1.00 e. The van der Waals surface area contributed by atoms with Crippen molar-refractivity contribution in [2.45, 2.75) is 136 Å². The van der Waals surface area contributed by atoms with Crippen molar-refractivity contribution >= 4 is 11.9 Å². The summed E-state index contributed by atoms with van der Waals surface area (Å²) in [6, 6.07) is 0. The Kier molecular flexibility index (Phi) is 59.1. The van der Waals surface area contributed by atoms with Crippen molar-refractivity contribution < 1.29 is 123 Å². The molecule has 0 radical (unpaired) electrons. The molecule has 0 amide bonds. The molecule has 0 saturated heterocycles. The third-order valence-corrected chi connectivity index (χ3v) is 4.64. The fourth-order valence-corrected chi connectivity index (χ4v) is 2.69. The van der Waals surface area contributed by atoms with Gasteiger partial charge in [0, 0.05) is 11.9 Å². The monoisotopic (exact) mass is 493 g/mol. The van der Waals surface area contributed by atoms with Crippen LogP contribution < -0.4 is 119 Å². The molecular weight excluding hydrogens is 444 g/mol. The van der Waals surface area contributed by atoms with E-state index in [2.05, 4.69) is 6.92 Å². The molecule has 2 N–H and O–H groups in total. The Balaban J connectivity index is -0.000000157. The zero-order valence-corrected chi connectivity index (χ0v) is 27.9. The Bertz CT molecular complexity index is 303. The van der Waals surface area contributed by atoms with E-state index in [9.17, 15) is 19.8 Å². The fourth-order valence-electron chi connectivity index (χ4n) is 2.69. The molecular formula is C24H49K2NO4. The second kappa shape index (κ2) is 42.3. The van der Waals surface area contributed by atoms with Gasteiger partial charge in [0.05, 0.1) is 0 Å². The van der Waals surface area contributed by atoms with Gasteiger partial charge >= 0.3 is 103 Å². The number of carbonyl (C=O) groups is 2. The molecule has 5 nitrogen and oxygen atoms in total. The summed E-state index contributed by atoms with van der Waals surface area (Å²) in [6.07, 6.45) is 23.1. The van der Waals surface area contributed by atoms with Gasteiger partial charge in [-0.25, -0.2) is 0 Å². The van der Waals surface area contributed by atoms with Crippen LogP contribution in [0.15, 0.2) is 0 Å². The van der Waals surface area contributed by atoms with Crippen LogP contribution in [0.4, 0.5) is 0 Å². The van der Waals surface area contributed by atoms with Crippen LogP contribution in [0.1, 0.15) is 136 Å². The summed E-state index contributed by atoms with van der Waals surface area (Å²) in [6.45, 7) is 6.24. The average Bonchev–Trinajstić information content (AvgIpc) is 2.71. The SMILES string of the molecule is CCC(=O)[O-].CCC(=O)[O-].CCCCCCCCCCCCCCCCCCN.[K+].[K+]. The van der Waals surface area contributed by atoms with E-state index in [-0.39, 0.29) is 116 Å². The minimum Gasteiger partial charge on any atom is -0.550 e. The Hall–Kier alpha value is 2.17. The van der Waals surface area contributed by atoms with Crippen LogP contribution in [0.25, 0.3) is 0 Å². The van der Waals surface area contributed by atoms with Gasteiger partial charge in [0.15, 0.2) is 0 Å². The predicted octanol–water partition coefficient (Wildman–Crippen LogP) is -1.49. The Morgan fingerprint density at radius 1 is 0.516 bits per heavy atom. The molecule has 0 aromatic rings. The molecule has 0 aliphatic heterocycles. The van der Waals surface area contributed by atoms with E-state index in [4.69, 9.17) is 5.73 Å². The summed E-state index contributed by atoms with van der Waals surface area (Å²) >= 11 is 0. The number of hydrogen-bond acceptors (Lipinski definition) is 5. The van der Waals surface area contributed by atoms with E-state index in [1.807, 2.05) is 0 Å². The number of rotatable bonds is 18. The average molecular weight is 494 g/mol. The Morgan fingerprint density at radius 2 is 0.710 bits per heavy atom. The van der Waals surface area contributed by atoms with Crippen molar-refractivity contribution in [3.05, 3.63) is 0 Å². The van der Waals surface area contributed by atoms with Crippen molar-refractivity contribution in [2.24, 2.45) is 5.73 Å². The van der Waals surface area contributed by atoms with E-state index in [0.29, 0.717) is 0 Å². The van der Waals surface area contributed by atoms with Gasteiger partial charge in [-0.3, -0.25) is 0 Å². The van der Waals surface area contributed by atoms with Gasteiger partial charge < -0.3 is 25.5 Å². The largest absolute Gasteiger partial charge is 1.00 e. The molecule has 0 aromatic carbocycles. The first-order chi connectivity index (χ1) is 14.0. The van der Waals surface area contributed by atoms with Crippen LogP contribution in [-0.4, -0.2) is 18.5 Å². The van der Waals surface area contributed by atoms with E-state index < -0.39 is 11.9 Å². The minimum absolute atomic E-state index is 0. The van der Waals surface area contributed by atoms with Crippen molar-refractivity contribution in [1.82, 2.24) is 0 Å². The summed E-state index contributed by atoms with van der Waals surface area (Å²) in [5, 5.41) is 18.5. The van der Waals surface area contributed by atoms with Crippen LogP contribution in [0, 0.1) is 0 Å². The Morgan fingerprint density at radius 3 is 0.871 bits per heavy atom. The van der Waals surface area contributed by atoms with Gasteiger partial charge in [-0.1, -0.05) is 117 Å². The summed E-state index contributed by atoms with van der Waals surface area (Å²) in [7, 11) is 0. The third-order valence-electron chi connectivity index (χ3n) is 4.64. The smallest absolute Gasteiger partial charge is 0.550 e. The standard InChI is InChI=1S/C18H39N.2C3H6O2.2K/c1-2-3-4-5-6-7-8-9-10-11-12-13-14-15-16-17-18-19;2*1-2-3(4)5;;/h2-19H2,1H3;2*2H2,1H3,(H,4,5);;/q;;;2*+1/p-2. The molecule has 7 heteroatoms. The minimum atomic E-state index is -0.995. The summed E-state index contributed by atoms with van der Waals surface area (Å²) in [4.78, 5) is 18.5. The third kappa shape index (κ3) is 59.6. The topological polar surface area (TPSA) is 106 Å². The van der Waals surface area contributed by atoms with Crippen LogP contribution in [0.5, 0.6) is 0 Å². The molecule has 0 spiro atoms. The molecule has 0 atom stereocenters. The van der Waals surface area contributed by atoms with E-state index in [1.165, 1.54) is 117 Å². The van der Waals surface area contributed by atoms with Gasteiger partial charge in [-0.05, 0) is 25.8 Å². The molecule has 31 heavy (non-hydrogen) atoms. The number of carboxylic acids is 2. The van der Waals surface area contributed by atoms with Crippen molar-refractivity contribution in [1.29, 1.82) is 0 Å². The number of nitrogens with two attached hydrogens (primary N) is 1. The molecule has 0 saturated carbocycles. The fraction of sp³-hybridized carbons (Fsp3) is 0.917. The van der Waals surface area contributed by atoms with Crippen LogP contribution in [0.3, 0.4) is 0 Å². The van der Waals surface area contributed by atoms with E-state index >= 15 is 0 Å². The van der Waals surface area contributed by atoms with E-state index in [0.717, 1.165) is 6.54 Å². The van der Waals surface area contributed by atoms with Gasteiger partial charge in [-0.2, -0.15) is 0 Å². The van der Waals surface area contributed by atoms with Crippen molar-refractivity contribution in [3.8, 4) is 0 Å². The number of carbonyl (C=O) groups excluding carboxylic acids is 2. The summed E-state index contributed by atoms with van der Waals surface area (Å²) in [5.41, 5.74) is 5.48. The number of unbranched alkanes of at least 4 members (excludes halogenated alkanes) is 15. The molecule has 0 aromatic heterocycles. The molecule has 0 unspecified atom stereocenters. The molecule has 0 fully saturated rings. The molecule has 0 aliphatic rings. The zero-order valence-electron chi connectivity index (χ0n) is 21.6. The van der Waals surface area contributed by atoms with E-state index in [1.54, 1.807) is 0 Å². The first-order valence-electron chi connectivity index (χ1n) is 12.1. The molecule has 0 heterocycles. The first kappa shape index (κ1) is 43.3. The van der Waals surface area contributed by atoms with Gasteiger partial charge in [0.25, 0.3) is 0 Å². The van der Waals surface area contributed by atoms with Gasteiger partial charge in [0.2, 0.25) is 0 Å². The maximum atomic E-state index is 9.26. The Labute approximate surface area is 278 Å². The van der Waals surface area contributed by atoms with Crippen LogP contribution in [0.2, 0.25) is 0 Å². The number of hydrogen-bond donors (Lipinski definition) is 1. The molecule has 176 valence electrons.